The molecule has 1 aromatic carbocycles. The van der Waals surface area contributed by atoms with Crippen molar-refractivity contribution in [3.8, 4) is 11.5 Å². The van der Waals surface area contributed by atoms with E-state index in [4.69, 9.17) is 9.47 Å². The second-order valence-corrected chi connectivity index (χ2v) is 3.84. The summed E-state index contributed by atoms with van der Waals surface area (Å²) in [5, 5.41) is 20.9. The summed E-state index contributed by atoms with van der Waals surface area (Å²) in [6.45, 7) is 1.93. The van der Waals surface area contributed by atoms with Crippen LogP contribution in [-0.4, -0.2) is 24.2 Å². The van der Waals surface area contributed by atoms with Gasteiger partial charge in [0.1, 0.15) is 0 Å². The zero-order chi connectivity index (χ0) is 13.7. The van der Waals surface area contributed by atoms with Gasteiger partial charge in [-0.1, -0.05) is 13.3 Å². The topological polar surface area (TPSA) is 81.8 Å². The highest BCUT2D eigenvalue weighted by molar-refractivity contribution is 5.58. The molecule has 100 valence electrons. The highest BCUT2D eigenvalue weighted by atomic mass is 16.6. The third-order valence-corrected chi connectivity index (χ3v) is 2.63. The number of nitro groups is 1. The molecular formula is C12H17NO5. The van der Waals surface area contributed by atoms with Gasteiger partial charge in [-0.05, 0) is 18.1 Å². The Balaban J connectivity index is 3.31. The molecule has 0 aliphatic heterocycles. The maximum Gasteiger partial charge on any atom is 0.315 e. The second kappa shape index (κ2) is 6.20. The molecule has 1 N–H and O–H groups in total. The minimum atomic E-state index is -0.742. The number of hydrogen-bond donors (Lipinski definition) is 1. The van der Waals surface area contributed by atoms with Gasteiger partial charge in [0.15, 0.2) is 5.75 Å². The average Bonchev–Trinajstić information content (AvgIpc) is 2.37. The molecule has 0 saturated heterocycles. The van der Waals surface area contributed by atoms with Crippen molar-refractivity contribution < 1.29 is 19.5 Å². The first-order valence-corrected chi connectivity index (χ1v) is 5.63. The molecule has 0 amide bonds. The first-order valence-electron chi connectivity index (χ1n) is 5.63. The van der Waals surface area contributed by atoms with Gasteiger partial charge in [0.25, 0.3) is 0 Å². The Morgan fingerprint density at radius 2 is 2.06 bits per heavy atom. The molecule has 0 bridgehead atoms. The number of aliphatic hydroxyl groups excluding tert-OH is 1. The van der Waals surface area contributed by atoms with Crippen LogP contribution in [0.1, 0.15) is 31.4 Å². The van der Waals surface area contributed by atoms with Crippen molar-refractivity contribution in [2.75, 3.05) is 14.2 Å². The number of ether oxygens (including phenoxy) is 2. The van der Waals surface area contributed by atoms with Gasteiger partial charge in [-0.3, -0.25) is 10.1 Å². The molecule has 6 heteroatoms. The van der Waals surface area contributed by atoms with Gasteiger partial charge in [0.05, 0.1) is 25.2 Å². The third-order valence-electron chi connectivity index (χ3n) is 2.63. The summed E-state index contributed by atoms with van der Waals surface area (Å²) in [5.74, 6) is 0.312. The molecule has 0 aromatic heterocycles. The molecule has 18 heavy (non-hydrogen) atoms. The fourth-order valence-electron chi connectivity index (χ4n) is 1.73. The van der Waals surface area contributed by atoms with Crippen LogP contribution < -0.4 is 9.47 Å². The van der Waals surface area contributed by atoms with Crippen LogP contribution in [-0.2, 0) is 0 Å². The summed E-state index contributed by atoms with van der Waals surface area (Å²) in [6.07, 6.45) is 0.573. The molecule has 1 unspecified atom stereocenters. The van der Waals surface area contributed by atoms with E-state index in [0.29, 0.717) is 12.0 Å². The minimum absolute atomic E-state index is 0.0648. The summed E-state index contributed by atoms with van der Waals surface area (Å²) in [7, 11) is 2.74. The van der Waals surface area contributed by atoms with E-state index >= 15 is 0 Å². The van der Waals surface area contributed by atoms with Crippen molar-refractivity contribution in [1.29, 1.82) is 0 Å². The van der Waals surface area contributed by atoms with Crippen LogP contribution in [0.15, 0.2) is 12.1 Å². The van der Waals surface area contributed by atoms with Crippen molar-refractivity contribution in [3.05, 3.63) is 27.8 Å². The maximum absolute atomic E-state index is 11.0. The van der Waals surface area contributed by atoms with E-state index in [9.17, 15) is 15.2 Å². The molecule has 0 aliphatic rings. The monoisotopic (exact) mass is 255 g/mol. The lowest BCUT2D eigenvalue weighted by Gasteiger charge is -2.13. The van der Waals surface area contributed by atoms with Gasteiger partial charge in [-0.25, -0.2) is 0 Å². The number of rotatable bonds is 6. The van der Waals surface area contributed by atoms with Gasteiger partial charge in [0.2, 0.25) is 5.75 Å². The lowest BCUT2D eigenvalue weighted by Crippen LogP contribution is -2.02. The molecule has 0 aliphatic carbocycles. The predicted octanol–water partition coefficient (Wildman–Crippen LogP) is 2.45. The van der Waals surface area contributed by atoms with Crippen LogP contribution in [0.25, 0.3) is 0 Å². The fourth-order valence-corrected chi connectivity index (χ4v) is 1.73. The molecule has 1 atom stereocenters. The predicted molar refractivity (Wildman–Crippen MR) is 66.1 cm³/mol. The van der Waals surface area contributed by atoms with Gasteiger partial charge in [-0.15, -0.1) is 0 Å². The first kappa shape index (κ1) is 14.2. The largest absolute Gasteiger partial charge is 0.493 e. The number of nitrogens with zero attached hydrogens (tertiary/aromatic N) is 1. The second-order valence-electron chi connectivity index (χ2n) is 3.84. The number of nitro benzene ring substituents is 1. The third kappa shape index (κ3) is 2.89. The molecule has 6 nitrogen and oxygen atoms in total. The average molecular weight is 255 g/mol. The fraction of sp³-hybridized carbons (Fsp3) is 0.500. The van der Waals surface area contributed by atoms with Crippen LogP contribution in [0.4, 0.5) is 5.69 Å². The highest BCUT2D eigenvalue weighted by Crippen LogP contribution is 2.39. The standard InChI is InChI=1S/C12H17NO5/c1-4-5-10(14)8-6-9(13(15)16)12(18-3)11(7-8)17-2/h6-7,10,14H,4-5H2,1-3H3. The summed E-state index contributed by atoms with van der Waals surface area (Å²) in [4.78, 5) is 10.4. The van der Waals surface area contributed by atoms with E-state index in [1.807, 2.05) is 6.92 Å². The normalized spacial score (nSPS) is 12.0. The number of benzene rings is 1. The number of methoxy groups -OCH3 is 2. The minimum Gasteiger partial charge on any atom is -0.493 e. The Morgan fingerprint density at radius 1 is 1.39 bits per heavy atom. The van der Waals surface area contributed by atoms with E-state index in [2.05, 4.69) is 0 Å². The Bertz CT molecular complexity index is 433. The zero-order valence-corrected chi connectivity index (χ0v) is 10.7. The zero-order valence-electron chi connectivity index (χ0n) is 10.7. The summed E-state index contributed by atoms with van der Waals surface area (Å²) in [6, 6.07) is 2.88. The summed E-state index contributed by atoms with van der Waals surface area (Å²) < 4.78 is 10.0. The van der Waals surface area contributed by atoms with Gasteiger partial charge in [-0.2, -0.15) is 0 Å². The number of hydrogen-bond acceptors (Lipinski definition) is 5. The quantitative estimate of drug-likeness (QED) is 0.623. The van der Waals surface area contributed by atoms with E-state index in [1.54, 1.807) is 6.07 Å². The van der Waals surface area contributed by atoms with Gasteiger partial charge >= 0.3 is 5.69 Å². The van der Waals surface area contributed by atoms with E-state index in [-0.39, 0.29) is 17.2 Å². The maximum atomic E-state index is 11.0. The Kier molecular flexibility index (Phi) is 4.91. The molecular weight excluding hydrogens is 238 g/mol. The summed E-state index contributed by atoms with van der Waals surface area (Å²) >= 11 is 0. The van der Waals surface area contributed by atoms with E-state index < -0.39 is 11.0 Å². The van der Waals surface area contributed by atoms with Crippen molar-refractivity contribution >= 4 is 5.69 Å². The van der Waals surface area contributed by atoms with E-state index in [1.165, 1.54) is 20.3 Å². The van der Waals surface area contributed by atoms with Crippen LogP contribution in [0.5, 0.6) is 11.5 Å². The Labute approximate surface area is 105 Å². The van der Waals surface area contributed by atoms with Crippen LogP contribution in [0.2, 0.25) is 0 Å². The highest BCUT2D eigenvalue weighted by Gasteiger charge is 2.23. The van der Waals surface area contributed by atoms with Crippen molar-refractivity contribution in [3.63, 3.8) is 0 Å². The molecule has 0 saturated carbocycles. The SMILES string of the molecule is CCCC(O)c1cc(OC)c(OC)c([N+](=O)[O-])c1. The van der Waals surface area contributed by atoms with E-state index in [0.717, 1.165) is 6.42 Å². The molecule has 0 radical (unpaired) electrons. The van der Waals surface area contributed by atoms with Crippen LogP contribution >= 0.6 is 0 Å². The lowest BCUT2D eigenvalue weighted by molar-refractivity contribution is -0.385. The van der Waals surface area contributed by atoms with Crippen molar-refractivity contribution in [1.82, 2.24) is 0 Å². The van der Waals surface area contributed by atoms with Crippen molar-refractivity contribution in [2.24, 2.45) is 0 Å². The Morgan fingerprint density at radius 3 is 2.50 bits per heavy atom. The molecule has 1 aromatic rings. The van der Waals surface area contributed by atoms with Crippen LogP contribution in [0, 0.1) is 10.1 Å². The summed E-state index contributed by atoms with van der Waals surface area (Å²) in [5.41, 5.74) is 0.253. The number of aliphatic hydroxyl groups is 1. The molecule has 0 fully saturated rings. The molecule has 0 spiro atoms. The van der Waals surface area contributed by atoms with Gasteiger partial charge in [0, 0.05) is 6.07 Å². The van der Waals surface area contributed by atoms with Gasteiger partial charge < -0.3 is 14.6 Å². The smallest absolute Gasteiger partial charge is 0.315 e. The molecule has 0 heterocycles. The molecule has 1 rings (SSSR count). The lowest BCUT2D eigenvalue weighted by atomic mass is 10.0. The van der Waals surface area contributed by atoms with Crippen LogP contribution in [0.3, 0.4) is 0 Å². The van der Waals surface area contributed by atoms with Crippen molar-refractivity contribution in [2.45, 2.75) is 25.9 Å². The Hall–Kier alpha value is -1.82. The first-order chi connectivity index (χ1) is 8.54.